The summed E-state index contributed by atoms with van der Waals surface area (Å²) in [5, 5.41) is 9.95. The maximum Gasteiger partial charge on any atom is 0.410 e. The summed E-state index contributed by atoms with van der Waals surface area (Å²) < 4.78 is 11.4. The fourth-order valence-corrected chi connectivity index (χ4v) is 7.36. The number of nitrogens with one attached hydrogen (secondary N) is 3. The van der Waals surface area contributed by atoms with Crippen LogP contribution in [0.15, 0.2) is 30.5 Å². The summed E-state index contributed by atoms with van der Waals surface area (Å²) in [6.07, 6.45) is 9.24. The standard InChI is InChI=1S/C33H48N6O4/c1-5-21-16-25(40)7-9-26(21)23-6-8-27-28(17-23)36-37-30(27)31-34-18-29(35-31)22-10-12-38(13-11-22)19-24-20-42-15-14-39(24)32(41)43-33(2,3)4/h7,9-10,16,18,23-24,27-28,30,36-37,40H,5-6,8,11-15,17,19-20H2,1-4H3,(H,34,35)/t23?,24-,27?,28?,30?/m1/s1. The number of rotatable bonds is 6. The number of amides is 1. The topological polar surface area (TPSA) is 115 Å². The Balaban J connectivity index is 1.05. The number of benzene rings is 1. The molecule has 1 aromatic carbocycles. The number of morpholine rings is 1. The van der Waals surface area contributed by atoms with Gasteiger partial charge in [0, 0.05) is 32.2 Å². The second-order valence-corrected chi connectivity index (χ2v) is 13.6. The molecule has 1 aliphatic carbocycles. The Bertz CT molecular complexity index is 1320. The van der Waals surface area contributed by atoms with Crippen molar-refractivity contribution >= 4 is 11.7 Å². The average molecular weight is 593 g/mol. The molecule has 3 aliphatic heterocycles. The largest absolute Gasteiger partial charge is 0.508 e. The summed E-state index contributed by atoms with van der Waals surface area (Å²) in [5.74, 6) is 2.35. The van der Waals surface area contributed by atoms with Crippen LogP contribution in [0.1, 0.15) is 88.0 Å². The first-order valence-electron chi connectivity index (χ1n) is 16.1. The molecule has 4 unspecified atom stereocenters. The van der Waals surface area contributed by atoms with Crippen molar-refractivity contribution < 1.29 is 19.4 Å². The smallest absolute Gasteiger partial charge is 0.410 e. The van der Waals surface area contributed by atoms with Crippen LogP contribution < -0.4 is 10.9 Å². The number of carbonyl (C=O) groups is 1. The van der Waals surface area contributed by atoms with Crippen molar-refractivity contribution in [3.8, 4) is 5.75 Å². The van der Waals surface area contributed by atoms with Gasteiger partial charge in [0.2, 0.25) is 0 Å². The summed E-state index contributed by atoms with van der Waals surface area (Å²) in [4.78, 5) is 25.5. The fourth-order valence-electron chi connectivity index (χ4n) is 7.36. The lowest BCUT2D eigenvalue weighted by Crippen LogP contribution is -2.55. The number of nitrogens with zero attached hydrogens (tertiary/aromatic N) is 3. The number of aryl methyl sites for hydroxylation is 1. The summed E-state index contributed by atoms with van der Waals surface area (Å²) in [6, 6.07) is 6.42. The van der Waals surface area contributed by atoms with E-state index in [0.29, 0.717) is 43.4 Å². The monoisotopic (exact) mass is 592 g/mol. The van der Waals surface area contributed by atoms with Crippen LogP contribution in [0.3, 0.4) is 0 Å². The van der Waals surface area contributed by atoms with E-state index in [2.05, 4.69) is 39.8 Å². The minimum Gasteiger partial charge on any atom is -0.508 e. The zero-order chi connectivity index (χ0) is 30.1. The third kappa shape index (κ3) is 6.77. The Morgan fingerprint density at radius 1 is 1.21 bits per heavy atom. The highest BCUT2D eigenvalue weighted by Crippen LogP contribution is 2.44. The Morgan fingerprint density at radius 3 is 2.84 bits per heavy atom. The number of fused-ring (bicyclic) bond motifs is 1. The Hall–Kier alpha value is -2.92. The Morgan fingerprint density at radius 2 is 2.07 bits per heavy atom. The predicted octanol–water partition coefficient (Wildman–Crippen LogP) is 4.50. The molecule has 234 valence electrons. The molecule has 2 saturated heterocycles. The molecule has 10 nitrogen and oxygen atoms in total. The van der Waals surface area contributed by atoms with Crippen LogP contribution in [0.5, 0.6) is 5.75 Å². The summed E-state index contributed by atoms with van der Waals surface area (Å²) in [5.41, 5.74) is 11.7. The number of H-pyrrole nitrogens is 1. The van der Waals surface area contributed by atoms with Gasteiger partial charge in [0.25, 0.3) is 0 Å². The second-order valence-electron chi connectivity index (χ2n) is 13.6. The van der Waals surface area contributed by atoms with Crippen molar-refractivity contribution in [2.45, 2.75) is 89.4 Å². The van der Waals surface area contributed by atoms with Crippen molar-refractivity contribution in [3.63, 3.8) is 0 Å². The van der Waals surface area contributed by atoms with Gasteiger partial charge < -0.3 is 19.6 Å². The second kappa shape index (κ2) is 12.6. The highest BCUT2D eigenvalue weighted by atomic mass is 16.6. The quantitative estimate of drug-likeness (QED) is 0.388. The van der Waals surface area contributed by atoms with Gasteiger partial charge in [0.05, 0.1) is 37.2 Å². The molecule has 10 heteroatoms. The first-order chi connectivity index (χ1) is 20.7. The lowest BCUT2D eigenvalue weighted by molar-refractivity contribution is -0.0388. The number of carbonyl (C=O) groups excluding carboxylic acids is 1. The zero-order valence-corrected chi connectivity index (χ0v) is 26.1. The minimum atomic E-state index is -0.511. The number of aromatic nitrogens is 2. The number of hydrogen-bond donors (Lipinski definition) is 4. The van der Waals surface area contributed by atoms with E-state index in [1.54, 1.807) is 0 Å². The van der Waals surface area contributed by atoms with E-state index in [0.717, 1.165) is 63.3 Å². The molecule has 6 rings (SSSR count). The van der Waals surface area contributed by atoms with Gasteiger partial charge in [-0.3, -0.25) is 15.2 Å². The molecular weight excluding hydrogens is 544 g/mol. The number of hydrogen-bond acceptors (Lipinski definition) is 8. The van der Waals surface area contributed by atoms with Crippen molar-refractivity contribution in [2.24, 2.45) is 5.92 Å². The Kier molecular flexibility index (Phi) is 8.82. The summed E-state index contributed by atoms with van der Waals surface area (Å²) >= 11 is 0. The van der Waals surface area contributed by atoms with Gasteiger partial charge in [-0.15, -0.1) is 0 Å². The Labute approximate surface area is 255 Å². The molecule has 4 aliphatic rings. The summed E-state index contributed by atoms with van der Waals surface area (Å²) in [7, 11) is 0. The van der Waals surface area contributed by atoms with Crippen LogP contribution in [-0.2, 0) is 15.9 Å². The predicted molar refractivity (Wildman–Crippen MR) is 166 cm³/mol. The maximum absolute atomic E-state index is 12.8. The van der Waals surface area contributed by atoms with E-state index in [9.17, 15) is 9.90 Å². The van der Waals surface area contributed by atoms with E-state index >= 15 is 0 Å². The maximum atomic E-state index is 12.8. The van der Waals surface area contributed by atoms with E-state index in [1.165, 1.54) is 16.7 Å². The normalized spacial score (nSPS) is 28.4. The lowest BCUT2D eigenvalue weighted by Gasteiger charge is -2.39. The molecular formula is C33H48N6O4. The SMILES string of the molecule is CCc1cc(O)ccc1C1CCC2C(C1)NNC2c1ncc(C2=CCN(C[C@@H]3COCCN3C(=O)OC(C)(C)C)CC2)[nH]1. The van der Waals surface area contributed by atoms with Gasteiger partial charge in [-0.05, 0) is 93.5 Å². The molecule has 0 bridgehead atoms. The van der Waals surface area contributed by atoms with Crippen molar-refractivity contribution in [1.29, 1.82) is 0 Å². The van der Waals surface area contributed by atoms with E-state index in [1.807, 2.05) is 44.0 Å². The molecule has 43 heavy (non-hydrogen) atoms. The number of aromatic hydroxyl groups is 1. The first-order valence-corrected chi connectivity index (χ1v) is 16.1. The molecule has 4 heterocycles. The number of phenolic OH excluding ortho intramolecular Hbond substituents is 1. The summed E-state index contributed by atoms with van der Waals surface area (Å²) in [6.45, 7) is 12.0. The molecule has 0 spiro atoms. The van der Waals surface area contributed by atoms with Gasteiger partial charge in [-0.2, -0.15) is 0 Å². The molecule has 1 amide bonds. The van der Waals surface area contributed by atoms with Crippen LogP contribution in [0.2, 0.25) is 0 Å². The van der Waals surface area contributed by atoms with Gasteiger partial charge in [-0.1, -0.05) is 19.1 Å². The fraction of sp³-hybridized carbons (Fsp3) is 0.636. The van der Waals surface area contributed by atoms with E-state index < -0.39 is 5.60 Å². The third-order valence-electron chi connectivity index (χ3n) is 9.56. The van der Waals surface area contributed by atoms with Crippen LogP contribution in [0, 0.1) is 5.92 Å². The molecule has 1 saturated carbocycles. The molecule has 4 N–H and O–H groups in total. The molecule has 0 radical (unpaired) electrons. The van der Waals surface area contributed by atoms with Crippen molar-refractivity contribution in [1.82, 2.24) is 30.6 Å². The van der Waals surface area contributed by atoms with Crippen LogP contribution >= 0.6 is 0 Å². The molecule has 2 aromatic rings. The number of phenols is 1. The number of imidazole rings is 1. The van der Waals surface area contributed by atoms with Gasteiger partial charge in [-0.25, -0.2) is 15.2 Å². The first kappa shape index (κ1) is 30.1. The molecule has 3 fully saturated rings. The number of hydrazine groups is 1. The number of aromatic amines is 1. The minimum absolute atomic E-state index is 0.0103. The van der Waals surface area contributed by atoms with Crippen molar-refractivity contribution in [3.05, 3.63) is 53.1 Å². The molecule has 5 atom stereocenters. The lowest BCUT2D eigenvalue weighted by atomic mass is 9.73. The number of ether oxygens (including phenoxy) is 2. The van der Waals surface area contributed by atoms with Crippen LogP contribution in [0.25, 0.3) is 5.57 Å². The van der Waals surface area contributed by atoms with Crippen LogP contribution in [-0.4, -0.2) is 88.0 Å². The van der Waals surface area contributed by atoms with Gasteiger partial charge in [0.15, 0.2) is 0 Å². The third-order valence-corrected chi connectivity index (χ3v) is 9.56. The zero-order valence-electron chi connectivity index (χ0n) is 26.1. The van der Waals surface area contributed by atoms with Gasteiger partial charge in [0.1, 0.15) is 17.2 Å². The highest BCUT2D eigenvalue weighted by Gasteiger charge is 2.42. The molecule has 1 aromatic heterocycles. The van der Waals surface area contributed by atoms with Crippen molar-refractivity contribution in [2.75, 3.05) is 39.4 Å². The average Bonchev–Trinajstić information content (AvgIpc) is 3.64. The highest BCUT2D eigenvalue weighted by molar-refractivity contribution is 5.69. The van der Waals surface area contributed by atoms with Gasteiger partial charge >= 0.3 is 6.09 Å². The van der Waals surface area contributed by atoms with E-state index in [-0.39, 0.29) is 18.2 Å². The van der Waals surface area contributed by atoms with E-state index in [4.69, 9.17) is 14.5 Å². The van der Waals surface area contributed by atoms with Crippen LogP contribution in [0.4, 0.5) is 4.79 Å².